The van der Waals surface area contributed by atoms with Gasteiger partial charge in [-0.15, -0.1) is 5.10 Å². The van der Waals surface area contributed by atoms with Gasteiger partial charge in [0.2, 0.25) is 5.82 Å². The predicted molar refractivity (Wildman–Crippen MR) is 99.3 cm³/mol. The number of rotatable bonds is 3. The van der Waals surface area contributed by atoms with Crippen molar-refractivity contribution < 1.29 is 4.52 Å². The molecular weight excluding hydrogens is 375 g/mol. The van der Waals surface area contributed by atoms with Crippen molar-refractivity contribution in [1.29, 1.82) is 0 Å². The molecule has 0 saturated heterocycles. The fraction of sp³-hybridized carbons (Fsp3) is 0.0588. The van der Waals surface area contributed by atoms with Crippen molar-refractivity contribution in [2.45, 2.75) is 6.92 Å². The van der Waals surface area contributed by atoms with Crippen molar-refractivity contribution in [2.75, 3.05) is 5.73 Å². The van der Waals surface area contributed by atoms with Crippen LogP contribution < -0.4 is 5.73 Å². The Morgan fingerprint density at radius 2 is 1.92 bits per heavy atom. The molecule has 4 aromatic rings. The van der Waals surface area contributed by atoms with E-state index < -0.39 is 0 Å². The maximum absolute atomic E-state index is 6.21. The Hall–Kier alpha value is -2.90. The first-order valence-electron chi connectivity index (χ1n) is 7.61. The van der Waals surface area contributed by atoms with Crippen LogP contribution in [0.5, 0.6) is 0 Å². The van der Waals surface area contributed by atoms with E-state index in [1.807, 2.05) is 25.1 Å². The zero-order valence-electron chi connectivity index (χ0n) is 13.5. The lowest BCUT2D eigenvalue weighted by molar-refractivity contribution is 0.431. The first-order valence-corrected chi connectivity index (χ1v) is 8.37. The number of anilines is 1. The second kappa shape index (κ2) is 6.44. The van der Waals surface area contributed by atoms with E-state index in [0.29, 0.717) is 21.4 Å². The van der Waals surface area contributed by atoms with Crippen LogP contribution in [0.1, 0.15) is 5.56 Å². The van der Waals surface area contributed by atoms with Crippen LogP contribution in [0.3, 0.4) is 0 Å². The maximum atomic E-state index is 6.21. The van der Waals surface area contributed by atoms with E-state index in [2.05, 4.69) is 20.5 Å². The molecule has 2 aromatic heterocycles. The summed E-state index contributed by atoms with van der Waals surface area (Å²) in [7, 11) is 0. The molecule has 0 unspecified atom stereocenters. The highest BCUT2D eigenvalue weighted by atomic mass is 35.5. The highest BCUT2D eigenvalue weighted by Gasteiger charge is 2.21. The molecule has 0 spiro atoms. The Balaban J connectivity index is 1.76. The van der Waals surface area contributed by atoms with E-state index in [1.165, 1.54) is 4.68 Å². The van der Waals surface area contributed by atoms with E-state index in [4.69, 9.17) is 33.5 Å². The Morgan fingerprint density at radius 1 is 1.12 bits per heavy atom. The monoisotopic (exact) mass is 386 g/mol. The van der Waals surface area contributed by atoms with Crippen LogP contribution in [0.2, 0.25) is 10.0 Å². The van der Waals surface area contributed by atoms with Crippen molar-refractivity contribution in [1.82, 2.24) is 25.1 Å². The Morgan fingerprint density at radius 3 is 2.73 bits per heavy atom. The van der Waals surface area contributed by atoms with Crippen LogP contribution in [-0.2, 0) is 0 Å². The third kappa shape index (κ3) is 2.81. The van der Waals surface area contributed by atoms with Crippen LogP contribution >= 0.6 is 23.2 Å². The fourth-order valence-electron chi connectivity index (χ4n) is 2.50. The van der Waals surface area contributed by atoms with Gasteiger partial charge in [0.15, 0.2) is 11.5 Å². The van der Waals surface area contributed by atoms with Gasteiger partial charge in [0.25, 0.3) is 5.89 Å². The molecule has 0 radical (unpaired) electrons. The van der Waals surface area contributed by atoms with Gasteiger partial charge in [-0.1, -0.05) is 51.8 Å². The van der Waals surface area contributed by atoms with Crippen molar-refractivity contribution >= 4 is 29.0 Å². The van der Waals surface area contributed by atoms with Crippen LogP contribution in [0, 0.1) is 6.92 Å². The fourth-order valence-corrected chi connectivity index (χ4v) is 2.89. The molecule has 0 amide bonds. The SMILES string of the molecule is Cc1ccc(Cl)cc1-n1nnc(-c2nc(-c3ccccc3Cl)no2)c1N. The average molecular weight is 387 g/mol. The molecule has 0 aliphatic carbocycles. The van der Waals surface area contributed by atoms with Crippen molar-refractivity contribution in [3.8, 4) is 28.7 Å². The van der Waals surface area contributed by atoms with Gasteiger partial charge in [-0.25, -0.2) is 0 Å². The van der Waals surface area contributed by atoms with Gasteiger partial charge in [-0.3, -0.25) is 0 Å². The lowest BCUT2D eigenvalue weighted by Crippen LogP contribution is -2.04. The molecule has 2 N–H and O–H groups in total. The number of nitrogen functional groups attached to an aromatic ring is 1. The zero-order valence-corrected chi connectivity index (χ0v) is 15.0. The number of aromatic nitrogens is 5. The highest BCUT2D eigenvalue weighted by Crippen LogP contribution is 2.30. The summed E-state index contributed by atoms with van der Waals surface area (Å²) in [5.74, 6) is 0.770. The normalized spacial score (nSPS) is 11.0. The van der Waals surface area contributed by atoms with E-state index >= 15 is 0 Å². The Bertz CT molecular complexity index is 1100. The van der Waals surface area contributed by atoms with Crippen LogP contribution in [0.15, 0.2) is 47.0 Å². The van der Waals surface area contributed by atoms with E-state index in [0.717, 1.165) is 11.3 Å². The lowest BCUT2D eigenvalue weighted by Gasteiger charge is -2.07. The molecule has 0 aliphatic rings. The minimum absolute atomic E-state index is 0.156. The third-order valence-electron chi connectivity index (χ3n) is 3.85. The maximum Gasteiger partial charge on any atom is 0.282 e. The molecule has 0 aliphatic heterocycles. The third-order valence-corrected chi connectivity index (χ3v) is 4.41. The number of nitrogens with zero attached hydrogens (tertiary/aromatic N) is 5. The second-order valence-electron chi connectivity index (χ2n) is 5.57. The number of nitrogens with two attached hydrogens (primary N) is 1. The molecule has 7 nitrogen and oxygen atoms in total. The van der Waals surface area contributed by atoms with Gasteiger partial charge in [-0.05, 0) is 36.8 Å². The summed E-state index contributed by atoms with van der Waals surface area (Å²) in [6.07, 6.45) is 0. The quantitative estimate of drug-likeness (QED) is 0.567. The lowest BCUT2D eigenvalue weighted by atomic mass is 10.2. The van der Waals surface area contributed by atoms with E-state index in [-0.39, 0.29) is 17.4 Å². The van der Waals surface area contributed by atoms with Crippen molar-refractivity contribution in [3.05, 3.63) is 58.1 Å². The first-order chi connectivity index (χ1) is 12.5. The minimum atomic E-state index is 0.156. The van der Waals surface area contributed by atoms with Gasteiger partial charge >= 0.3 is 0 Å². The van der Waals surface area contributed by atoms with E-state index in [9.17, 15) is 0 Å². The van der Waals surface area contributed by atoms with Gasteiger partial charge in [-0.2, -0.15) is 9.67 Å². The summed E-state index contributed by atoms with van der Waals surface area (Å²) >= 11 is 12.2. The molecule has 130 valence electrons. The molecule has 0 atom stereocenters. The molecule has 2 heterocycles. The standard InChI is InChI=1S/C17H12Cl2N6O/c1-9-6-7-10(18)8-13(9)25-15(20)14(22-24-25)17-21-16(23-26-17)11-4-2-3-5-12(11)19/h2-8H,20H2,1H3. The second-order valence-corrected chi connectivity index (χ2v) is 6.41. The van der Waals surface area contributed by atoms with Crippen molar-refractivity contribution in [3.63, 3.8) is 0 Å². The van der Waals surface area contributed by atoms with Crippen LogP contribution in [-0.4, -0.2) is 25.1 Å². The molecular formula is C17H12Cl2N6O. The van der Waals surface area contributed by atoms with Crippen LogP contribution in [0.25, 0.3) is 28.7 Å². The molecule has 0 fully saturated rings. The number of halogens is 2. The highest BCUT2D eigenvalue weighted by molar-refractivity contribution is 6.33. The number of hydrogen-bond donors (Lipinski definition) is 1. The largest absolute Gasteiger partial charge is 0.382 e. The minimum Gasteiger partial charge on any atom is -0.382 e. The first kappa shape index (κ1) is 16.6. The zero-order chi connectivity index (χ0) is 18.3. The molecule has 26 heavy (non-hydrogen) atoms. The van der Waals surface area contributed by atoms with Gasteiger partial charge < -0.3 is 10.3 Å². The summed E-state index contributed by atoms with van der Waals surface area (Å²) in [5, 5.41) is 13.2. The summed E-state index contributed by atoms with van der Waals surface area (Å²) in [6, 6.07) is 12.6. The molecule has 9 heteroatoms. The summed E-state index contributed by atoms with van der Waals surface area (Å²) in [5.41, 5.74) is 8.81. The van der Waals surface area contributed by atoms with Gasteiger partial charge in [0, 0.05) is 10.6 Å². The van der Waals surface area contributed by atoms with E-state index in [1.54, 1.807) is 24.3 Å². The molecule has 2 aromatic carbocycles. The topological polar surface area (TPSA) is 95.6 Å². The average Bonchev–Trinajstić information content (AvgIpc) is 3.24. The van der Waals surface area contributed by atoms with Crippen LogP contribution in [0.4, 0.5) is 5.82 Å². The smallest absolute Gasteiger partial charge is 0.282 e. The Kier molecular flexibility index (Phi) is 4.10. The number of aryl methyl sites for hydroxylation is 1. The van der Waals surface area contributed by atoms with Crippen molar-refractivity contribution in [2.24, 2.45) is 0 Å². The molecule has 4 rings (SSSR count). The number of benzene rings is 2. The molecule has 0 bridgehead atoms. The Labute approximate surface area is 158 Å². The van der Waals surface area contributed by atoms with Gasteiger partial charge in [0.1, 0.15) is 0 Å². The number of hydrogen-bond acceptors (Lipinski definition) is 6. The summed E-state index contributed by atoms with van der Waals surface area (Å²) in [4.78, 5) is 4.34. The summed E-state index contributed by atoms with van der Waals surface area (Å²) in [6.45, 7) is 1.93. The molecule has 0 saturated carbocycles. The van der Waals surface area contributed by atoms with Gasteiger partial charge in [0.05, 0.1) is 10.7 Å². The summed E-state index contributed by atoms with van der Waals surface area (Å²) < 4.78 is 6.78. The predicted octanol–water partition coefficient (Wildman–Crippen LogP) is 4.18.